The number of anilines is 1. The van der Waals surface area contributed by atoms with Crippen LogP contribution in [-0.4, -0.2) is 58.6 Å². The van der Waals surface area contributed by atoms with Gasteiger partial charge in [0.05, 0.1) is 22.7 Å². The summed E-state index contributed by atoms with van der Waals surface area (Å²) >= 11 is 6.38. The first-order chi connectivity index (χ1) is 18.2. The van der Waals surface area contributed by atoms with Crippen LogP contribution in [-0.2, 0) is 10.4 Å². The second-order valence-corrected chi connectivity index (χ2v) is 11.7. The normalized spacial score (nSPS) is 21.2. The van der Waals surface area contributed by atoms with Gasteiger partial charge in [-0.3, -0.25) is 9.59 Å². The number of hydrogen-bond donors (Lipinski definition) is 3. The average molecular weight is 565 g/mol. The Hall–Kier alpha value is -2.98. The van der Waals surface area contributed by atoms with Crippen LogP contribution in [0.25, 0.3) is 0 Å². The number of halogens is 3. The first kappa shape index (κ1) is 29.0. The molecule has 0 saturated carbocycles. The van der Waals surface area contributed by atoms with Crippen LogP contribution in [0.2, 0.25) is 5.02 Å². The van der Waals surface area contributed by atoms with Gasteiger partial charge < -0.3 is 25.4 Å². The number of alkyl halides is 2. The molecule has 3 atom stereocenters. The molecule has 0 aliphatic carbocycles. The molecule has 212 valence electrons. The van der Waals surface area contributed by atoms with Gasteiger partial charge in [-0.15, -0.1) is 0 Å². The van der Waals surface area contributed by atoms with Crippen molar-refractivity contribution in [2.24, 2.45) is 0 Å². The molecule has 3 heterocycles. The summed E-state index contributed by atoms with van der Waals surface area (Å²) < 4.78 is 30.7. The van der Waals surface area contributed by atoms with Crippen LogP contribution in [0.1, 0.15) is 69.3 Å². The van der Waals surface area contributed by atoms with Crippen LogP contribution in [0.5, 0.6) is 5.75 Å². The second-order valence-electron chi connectivity index (χ2n) is 11.3. The number of benzene rings is 1. The molecule has 8 nitrogen and oxygen atoms in total. The van der Waals surface area contributed by atoms with Gasteiger partial charge in [0.15, 0.2) is 5.60 Å². The number of pyridine rings is 1. The molecule has 0 radical (unpaired) electrons. The van der Waals surface area contributed by atoms with Gasteiger partial charge in [-0.25, -0.2) is 13.8 Å². The van der Waals surface area contributed by atoms with Crippen molar-refractivity contribution in [1.29, 1.82) is 0 Å². The molecular formula is C28H35ClF2N4O4. The molecule has 2 aliphatic rings. The average Bonchev–Trinajstić information content (AvgIpc) is 3.13. The van der Waals surface area contributed by atoms with E-state index in [4.69, 9.17) is 16.3 Å². The van der Waals surface area contributed by atoms with E-state index in [2.05, 4.69) is 20.5 Å². The number of rotatable bonds is 9. The van der Waals surface area contributed by atoms with E-state index in [-0.39, 0.29) is 29.6 Å². The van der Waals surface area contributed by atoms with E-state index < -0.39 is 30.1 Å². The monoisotopic (exact) mass is 564 g/mol. The van der Waals surface area contributed by atoms with Gasteiger partial charge in [0, 0.05) is 24.3 Å². The van der Waals surface area contributed by atoms with Crippen molar-refractivity contribution in [1.82, 2.24) is 15.6 Å². The summed E-state index contributed by atoms with van der Waals surface area (Å²) in [4.78, 5) is 31.9. The van der Waals surface area contributed by atoms with Gasteiger partial charge in [0.25, 0.3) is 18.2 Å². The van der Waals surface area contributed by atoms with Crippen molar-refractivity contribution in [3.63, 3.8) is 0 Å². The van der Waals surface area contributed by atoms with E-state index in [1.807, 2.05) is 0 Å². The standard InChI is InChI=1S/C28H35ClF2N4O4/c1-27(2,38)17-6-9-22(21(29)11-17)39-28(3,4)26(37)34-18-12-19-7-8-20(13-18)35(19)24-10-5-16(14-32-24)25(36)33-15-23(30)31/h5-6,9-11,14,18-20,23,38H,7-8,12-13,15H2,1-4H3,(H,33,36)(H,34,37)/t18?,19-,20+. The molecule has 39 heavy (non-hydrogen) atoms. The molecular weight excluding hydrogens is 530 g/mol. The molecule has 11 heteroatoms. The lowest BCUT2D eigenvalue weighted by Gasteiger charge is -2.40. The van der Waals surface area contributed by atoms with Crippen LogP contribution in [0.15, 0.2) is 36.5 Å². The third-order valence-corrected chi connectivity index (χ3v) is 7.61. The number of carbonyl (C=O) groups excluding carboxylic acids is 2. The lowest BCUT2D eigenvalue weighted by Crippen LogP contribution is -2.55. The number of piperidine rings is 1. The van der Waals surface area contributed by atoms with Crippen molar-refractivity contribution >= 4 is 29.2 Å². The van der Waals surface area contributed by atoms with Crippen LogP contribution in [0.4, 0.5) is 14.6 Å². The van der Waals surface area contributed by atoms with Crippen molar-refractivity contribution in [3.8, 4) is 5.75 Å². The fraction of sp³-hybridized carbons (Fsp3) is 0.536. The number of aliphatic hydroxyl groups is 1. The molecule has 2 amide bonds. The highest BCUT2D eigenvalue weighted by molar-refractivity contribution is 6.32. The third kappa shape index (κ3) is 6.78. The summed E-state index contributed by atoms with van der Waals surface area (Å²) in [5, 5.41) is 15.8. The Morgan fingerprint density at radius 2 is 1.82 bits per heavy atom. The smallest absolute Gasteiger partial charge is 0.263 e. The molecule has 1 unspecified atom stereocenters. The first-order valence-corrected chi connectivity index (χ1v) is 13.5. The summed E-state index contributed by atoms with van der Waals surface area (Å²) in [6, 6.07) is 8.65. The lowest BCUT2D eigenvalue weighted by molar-refractivity contribution is -0.135. The highest BCUT2D eigenvalue weighted by Gasteiger charge is 2.43. The molecule has 2 bridgehead atoms. The largest absolute Gasteiger partial charge is 0.476 e. The summed E-state index contributed by atoms with van der Waals surface area (Å²) in [5.74, 6) is 0.251. The minimum absolute atomic E-state index is 0.0402. The summed E-state index contributed by atoms with van der Waals surface area (Å²) in [6.45, 7) is 6.01. The molecule has 2 fully saturated rings. The number of nitrogens with one attached hydrogen (secondary N) is 2. The predicted molar refractivity (Wildman–Crippen MR) is 144 cm³/mol. The number of fused-ring (bicyclic) bond motifs is 2. The van der Waals surface area contributed by atoms with Crippen LogP contribution < -0.4 is 20.3 Å². The van der Waals surface area contributed by atoms with Crippen LogP contribution in [0, 0.1) is 0 Å². The molecule has 3 N–H and O–H groups in total. The number of amides is 2. The lowest BCUT2D eigenvalue weighted by atomic mass is 9.96. The van der Waals surface area contributed by atoms with E-state index in [9.17, 15) is 23.5 Å². The highest BCUT2D eigenvalue weighted by Crippen LogP contribution is 2.39. The SMILES string of the molecule is CC(C)(Oc1ccc(C(C)(C)O)cc1Cl)C(=O)NC1C[C@H]2CC[C@@H](C1)N2c1ccc(C(=O)NCC(F)F)cn1. The Morgan fingerprint density at radius 3 is 2.36 bits per heavy atom. The van der Waals surface area contributed by atoms with Crippen LogP contribution in [0.3, 0.4) is 0 Å². The summed E-state index contributed by atoms with van der Waals surface area (Å²) in [5.41, 5.74) is -1.36. The molecule has 1 aromatic carbocycles. The maximum Gasteiger partial charge on any atom is 0.263 e. The number of aromatic nitrogens is 1. The van der Waals surface area contributed by atoms with Gasteiger partial charge in [-0.05, 0) is 83.2 Å². The minimum atomic E-state index is -2.61. The Bertz CT molecular complexity index is 1190. The minimum Gasteiger partial charge on any atom is -0.476 e. The van der Waals surface area contributed by atoms with Gasteiger partial charge in [0.2, 0.25) is 0 Å². The van der Waals surface area contributed by atoms with Crippen molar-refractivity contribution in [2.45, 2.75) is 89.1 Å². The molecule has 2 aliphatic heterocycles. The molecule has 2 aromatic rings. The number of hydrogen-bond acceptors (Lipinski definition) is 6. The zero-order valence-electron chi connectivity index (χ0n) is 22.5. The fourth-order valence-electron chi connectivity index (χ4n) is 5.26. The summed E-state index contributed by atoms with van der Waals surface area (Å²) in [7, 11) is 0. The van der Waals surface area contributed by atoms with Gasteiger partial charge in [0.1, 0.15) is 11.6 Å². The third-order valence-electron chi connectivity index (χ3n) is 7.31. The van der Waals surface area contributed by atoms with Crippen LogP contribution >= 0.6 is 11.6 Å². The van der Waals surface area contributed by atoms with Crippen molar-refractivity contribution in [2.75, 3.05) is 11.4 Å². The topological polar surface area (TPSA) is 104 Å². The van der Waals surface area contributed by atoms with E-state index >= 15 is 0 Å². The molecule has 0 spiro atoms. The maximum atomic E-state index is 13.2. The van der Waals surface area contributed by atoms with E-state index in [1.54, 1.807) is 58.0 Å². The Balaban J connectivity index is 1.36. The summed E-state index contributed by atoms with van der Waals surface area (Å²) in [6.07, 6.45) is 2.17. The first-order valence-electron chi connectivity index (χ1n) is 13.1. The molecule has 4 rings (SSSR count). The van der Waals surface area contributed by atoms with E-state index in [0.29, 0.717) is 16.3 Å². The van der Waals surface area contributed by atoms with Gasteiger partial charge in [-0.2, -0.15) is 0 Å². The number of ether oxygens (including phenoxy) is 1. The second kappa shape index (κ2) is 11.3. The van der Waals surface area contributed by atoms with Gasteiger partial charge in [-0.1, -0.05) is 17.7 Å². The number of carbonyl (C=O) groups is 2. The fourth-order valence-corrected chi connectivity index (χ4v) is 5.48. The van der Waals surface area contributed by atoms with E-state index in [1.165, 1.54) is 6.20 Å². The Morgan fingerprint density at radius 1 is 1.15 bits per heavy atom. The maximum absolute atomic E-state index is 13.2. The predicted octanol–water partition coefficient (Wildman–Crippen LogP) is 4.43. The van der Waals surface area contributed by atoms with Gasteiger partial charge >= 0.3 is 0 Å². The number of nitrogens with zero attached hydrogens (tertiary/aromatic N) is 2. The molecule has 2 saturated heterocycles. The Kier molecular flexibility index (Phi) is 8.37. The van der Waals surface area contributed by atoms with Crippen molar-refractivity contribution in [3.05, 3.63) is 52.7 Å². The zero-order valence-corrected chi connectivity index (χ0v) is 23.3. The molecule has 1 aromatic heterocycles. The Labute approximate surface area is 232 Å². The van der Waals surface area contributed by atoms with E-state index in [0.717, 1.165) is 31.5 Å². The highest BCUT2D eigenvalue weighted by atomic mass is 35.5. The zero-order chi connectivity index (χ0) is 28.5. The van der Waals surface area contributed by atoms with Crippen molar-refractivity contribution < 1.29 is 28.2 Å². The quantitative estimate of drug-likeness (QED) is 0.416.